The van der Waals surface area contributed by atoms with Crippen LogP contribution in [0.25, 0.3) is 0 Å². The lowest BCUT2D eigenvalue weighted by Gasteiger charge is -2.21. The number of anilines is 1. The molecule has 1 aromatic carbocycles. The molecule has 1 N–H and O–H groups in total. The van der Waals surface area contributed by atoms with Crippen molar-refractivity contribution in [2.45, 2.75) is 31.9 Å². The molecule has 0 aliphatic carbocycles. The van der Waals surface area contributed by atoms with Crippen molar-refractivity contribution in [2.24, 2.45) is 0 Å². The molecular weight excluding hydrogens is 274 g/mol. The number of carboxylic acid groups (broad SMARTS) is 1. The Kier molecular flexibility index (Phi) is 4.09. The number of nitrogens with zero attached hydrogens (tertiary/aromatic N) is 1. The largest absolute Gasteiger partial charge is 0.478 e. The van der Waals surface area contributed by atoms with Gasteiger partial charge in [-0.05, 0) is 30.2 Å². The number of carboxylic acids is 1. The van der Waals surface area contributed by atoms with Crippen LogP contribution < -0.4 is 4.90 Å². The molecule has 0 spiro atoms. The summed E-state index contributed by atoms with van der Waals surface area (Å²) < 4.78 is 0.0609. The molecule has 0 atom stereocenters. The van der Waals surface area contributed by atoms with Crippen molar-refractivity contribution >= 4 is 29.3 Å². The van der Waals surface area contributed by atoms with Crippen LogP contribution in [0.5, 0.6) is 0 Å². The van der Waals surface area contributed by atoms with Crippen LogP contribution in [0.1, 0.15) is 36.7 Å². The van der Waals surface area contributed by atoms with Gasteiger partial charge in [0.2, 0.25) is 5.91 Å². The van der Waals surface area contributed by atoms with E-state index < -0.39 is 5.97 Å². The number of fused-ring (bicyclic) bond motifs is 1. The van der Waals surface area contributed by atoms with Crippen LogP contribution in [-0.2, 0) is 11.2 Å². The monoisotopic (exact) mass is 293 g/mol. The van der Waals surface area contributed by atoms with E-state index in [-0.39, 0.29) is 16.2 Å². The van der Waals surface area contributed by atoms with Crippen LogP contribution in [0.2, 0.25) is 0 Å². The highest BCUT2D eigenvalue weighted by atomic mass is 32.2. The molecule has 5 heteroatoms. The van der Waals surface area contributed by atoms with Gasteiger partial charge in [0.1, 0.15) is 0 Å². The van der Waals surface area contributed by atoms with Crippen molar-refractivity contribution < 1.29 is 14.7 Å². The number of carbonyl (C=O) groups is 2. The summed E-state index contributed by atoms with van der Waals surface area (Å²) in [4.78, 5) is 25.0. The van der Waals surface area contributed by atoms with E-state index in [0.29, 0.717) is 12.3 Å². The van der Waals surface area contributed by atoms with Gasteiger partial charge in [-0.2, -0.15) is 0 Å². The van der Waals surface area contributed by atoms with Gasteiger partial charge in [0.05, 0.1) is 11.3 Å². The molecule has 0 radical (unpaired) electrons. The molecule has 1 aromatic rings. The summed E-state index contributed by atoms with van der Waals surface area (Å²) >= 11 is 1.63. The molecule has 20 heavy (non-hydrogen) atoms. The maximum absolute atomic E-state index is 12.3. The highest BCUT2D eigenvalue weighted by Crippen LogP contribution is 2.31. The van der Waals surface area contributed by atoms with E-state index in [4.69, 9.17) is 5.11 Å². The fourth-order valence-corrected chi connectivity index (χ4v) is 2.86. The minimum Gasteiger partial charge on any atom is -0.478 e. The Bertz CT molecular complexity index is 549. The highest BCUT2D eigenvalue weighted by Gasteiger charge is 2.26. The van der Waals surface area contributed by atoms with Crippen LogP contribution in [0.4, 0.5) is 5.69 Å². The predicted octanol–water partition coefficient (Wildman–Crippen LogP) is 2.81. The summed E-state index contributed by atoms with van der Waals surface area (Å²) in [5, 5.41) is 8.98. The normalized spacial score (nSPS) is 14.2. The Labute approximate surface area is 123 Å². The van der Waals surface area contributed by atoms with Gasteiger partial charge in [0, 0.05) is 17.0 Å². The smallest absolute Gasteiger partial charge is 0.335 e. The Morgan fingerprint density at radius 2 is 2.05 bits per heavy atom. The zero-order valence-electron chi connectivity index (χ0n) is 12.0. The maximum Gasteiger partial charge on any atom is 0.335 e. The molecule has 2 rings (SSSR count). The first-order valence-electron chi connectivity index (χ1n) is 6.58. The van der Waals surface area contributed by atoms with E-state index in [1.807, 2.05) is 0 Å². The maximum atomic E-state index is 12.3. The molecule has 108 valence electrons. The number of hydrogen-bond acceptors (Lipinski definition) is 3. The summed E-state index contributed by atoms with van der Waals surface area (Å²) in [5.41, 5.74) is 2.08. The van der Waals surface area contributed by atoms with E-state index in [1.54, 1.807) is 34.9 Å². The molecular formula is C15H19NO3S. The van der Waals surface area contributed by atoms with Gasteiger partial charge in [0.15, 0.2) is 0 Å². The van der Waals surface area contributed by atoms with E-state index in [2.05, 4.69) is 20.8 Å². The fourth-order valence-electron chi connectivity index (χ4n) is 2.15. The van der Waals surface area contributed by atoms with Crippen molar-refractivity contribution in [3.8, 4) is 0 Å². The zero-order chi connectivity index (χ0) is 14.9. The summed E-state index contributed by atoms with van der Waals surface area (Å²) in [5.74, 6) is -0.392. The third-order valence-electron chi connectivity index (χ3n) is 3.15. The third kappa shape index (κ3) is 3.33. The lowest BCUT2D eigenvalue weighted by Crippen LogP contribution is -2.31. The number of aromatic carboxylic acids is 1. The highest BCUT2D eigenvalue weighted by molar-refractivity contribution is 8.01. The predicted molar refractivity (Wildman–Crippen MR) is 81.7 cm³/mol. The molecule has 1 aliphatic rings. The van der Waals surface area contributed by atoms with Crippen LogP contribution in [0.3, 0.4) is 0 Å². The lowest BCUT2D eigenvalue weighted by atomic mass is 10.1. The first kappa shape index (κ1) is 14.9. The number of benzene rings is 1. The molecule has 0 bridgehead atoms. The SMILES string of the molecule is CC(C)(C)SCC(=O)N1CCc2cc(C(=O)O)ccc21. The number of thioether (sulfide) groups is 1. The van der Waals surface area contributed by atoms with Crippen LogP contribution in [-0.4, -0.2) is 34.0 Å². The van der Waals surface area contributed by atoms with Gasteiger partial charge in [-0.3, -0.25) is 4.79 Å². The molecule has 1 aliphatic heterocycles. The van der Waals surface area contributed by atoms with Crippen molar-refractivity contribution in [3.05, 3.63) is 29.3 Å². The second-order valence-electron chi connectivity index (χ2n) is 5.85. The standard InChI is InChI=1S/C15H19NO3S/c1-15(2,3)20-9-13(17)16-7-6-10-8-11(14(18)19)4-5-12(10)16/h4-5,8H,6-7,9H2,1-3H3,(H,18,19). The van der Waals surface area contributed by atoms with Crippen LogP contribution in [0, 0.1) is 0 Å². The van der Waals surface area contributed by atoms with Gasteiger partial charge < -0.3 is 10.0 Å². The summed E-state index contributed by atoms with van der Waals surface area (Å²) in [6, 6.07) is 4.97. The van der Waals surface area contributed by atoms with Crippen molar-refractivity contribution in [2.75, 3.05) is 17.2 Å². The summed E-state index contributed by atoms with van der Waals surface area (Å²) in [7, 11) is 0. The number of amides is 1. The second-order valence-corrected chi connectivity index (χ2v) is 7.65. The Hall–Kier alpha value is -1.49. The Morgan fingerprint density at radius 3 is 2.65 bits per heavy atom. The average molecular weight is 293 g/mol. The molecule has 1 amide bonds. The molecule has 1 heterocycles. The van der Waals surface area contributed by atoms with E-state index in [1.165, 1.54) is 0 Å². The molecule has 0 saturated carbocycles. The Balaban J connectivity index is 2.12. The second kappa shape index (κ2) is 5.48. The third-order valence-corrected chi connectivity index (χ3v) is 4.41. The summed E-state index contributed by atoms with van der Waals surface area (Å²) in [6.45, 7) is 6.90. The van der Waals surface area contributed by atoms with Crippen molar-refractivity contribution in [3.63, 3.8) is 0 Å². The minimum absolute atomic E-state index is 0.0609. The van der Waals surface area contributed by atoms with Crippen LogP contribution in [0.15, 0.2) is 18.2 Å². The number of hydrogen-bond donors (Lipinski definition) is 1. The average Bonchev–Trinajstić information content (AvgIpc) is 2.77. The van der Waals surface area contributed by atoms with Gasteiger partial charge >= 0.3 is 5.97 Å². The van der Waals surface area contributed by atoms with Gasteiger partial charge in [-0.25, -0.2) is 4.79 Å². The van der Waals surface area contributed by atoms with E-state index in [0.717, 1.165) is 17.7 Å². The molecule has 0 aromatic heterocycles. The van der Waals surface area contributed by atoms with Gasteiger partial charge in [-0.15, -0.1) is 11.8 Å². The first-order valence-corrected chi connectivity index (χ1v) is 7.57. The van der Waals surface area contributed by atoms with Crippen molar-refractivity contribution in [1.29, 1.82) is 0 Å². The topological polar surface area (TPSA) is 57.6 Å². The molecule has 0 saturated heterocycles. The molecule has 0 fully saturated rings. The van der Waals surface area contributed by atoms with E-state index >= 15 is 0 Å². The van der Waals surface area contributed by atoms with E-state index in [9.17, 15) is 9.59 Å². The first-order chi connectivity index (χ1) is 9.28. The van der Waals surface area contributed by atoms with Crippen LogP contribution >= 0.6 is 11.8 Å². The zero-order valence-corrected chi connectivity index (χ0v) is 12.8. The minimum atomic E-state index is -0.930. The van der Waals surface area contributed by atoms with Crippen molar-refractivity contribution in [1.82, 2.24) is 0 Å². The number of carbonyl (C=O) groups excluding carboxylic acids is 1. The molecule has 0 unspecified atom stereocenters. The Morgan fingerprint density at radius 1 is 1.35 bits per heavy atom. The van der Waals surface area contributed by atoms with Gasteiger partial charge in [0.25, 0.3) is 0 Å². The lowest BCUT2D eigenvalue weighted by molar-refractivity contribution is -0.116. The number of rotatable bonds is 3. The molecule has 4 nitrogen and oxygen atoms in total. The quantitative estimate of drug-likeness (QED) is 0.931. The van der Waals surface area contributed by atoms with Gasteiger partial charge in [-0.1, -0.05) is 20.8 Å². The fraction of sp³-hybridized carbons (Fsp3) is 0.467. The summed E-state index contributed by atoms with van der Waals surface area (Å²) in [6.07, 6.45) is 0.725.